The van der Waals surface area contributed by atoms with Crippen LogP contribution in [0.5, 0.6) is 0 Å². The van der Waals surface area contributed by atoms with E-state index >= 15 is 0 Å². The van der Waals surface area contributed by atoms with Crippen LogP contribution >= 0.6 is 0 Å². The predicted octanol–water partition coefficient (Wildman–Crippen LogP) is 3.05. The number of benzene rings is 1. The van der Waals surface area contributed by atoms with Crippen LogP contribution in [0.15, 0.2) is 36.4 Å². The van der Waals surface area contributed by atoms with Gasteiger partial charge >= 0.3 is 0 Å². The summed E-state index contributed by atoms with van der Waals surface area (Å²) in [5, 5.41) is 7.50. The predicted molar refractivity (Wildman–Crippen MR) is 96.9 cm³/mol. The molecule has 24 heavy (non-hydrogen) atoms. The van der Waals surface area contributed by atoms with E-state index in [9.17, 15) is 9.00 Å². The summed E-state index contributed by atoms with van der Waals surface area (Å²) >= 11 is 0. The highest BCUT2D eigenvalue weighted by molar-refractivity contribution is 7.83. The molecule has 0 saturated heterocycles. The van der Waals surface area contributed by atoms with Crippen LogP contribution in [0.25, 0.3) is 6.08 Å². The van der Waals surface area contributed by atoms with Crippen molar-refractivity contribution in [1.82, 2.24) is 9.78 Å². The van der Waals surface area contributed by atoms with E-state index in [0.29, 0.717) is 17.3 Å². The number of anilines is 1. The van der Waals surface area contributed by atoms with Crippen LogP contribution in [0.2, 0.25) is 0 Å². The van der Waals surface area contributed by atoms with Gasteiger partial charge in [0.1, 0.15) is 5.82 Å². The Labute approximate surface area is 144 Å². The first-order valence-electron chi connectivity index (χ1n) is 7.85. The lowest BCUT2D eigenvalue weighted by Gasteiger charge is -2.23. The van der Waals surface area contributed by atoms with Gasteiger partial charge in [-0.3, -0.25) is 9.00 Å². The number of carbonyl (C=O) groups excluding carboxylic acids is 1. The average molecular weight is 343 g/mol. The molecule has 5 nitrogen and oxygen atoms in total. The van der Waals surface area contributed by atoms with Crippen LogP contribution in [0, 0.1) is 0 Å². The van der Waals surface area contributed by atoms with Gasteiger partial charge in [-0.05, 0) is 32.4 Å². The van der Waals surface area contributed by atoms with Crippen LogP contribution in [-0.2, 0) is 32.6 Å². The Morgan fingerprint density at radius 2 is 1.96 bits per heavy atom. The molecule has 126 valence electrons. The van der Waals surface area contributed by atoms with Crippen LogP contribution in [-0.4, -0.2) is 19.9 Å². The van der Waals surface area contributed by atoms with Crippen molar-refractivity contribution in [3.8, 4) is 0 Å². The minimum atomic E-state index is -0.927. The molecule has 1 aromatic heterocycles. The van der Waals surface area contributed by atoms with Crippen molar-refractivity contribution in [2.45, 2.75) is 37.8 Å². The highest BCUT2D eigenvalue weighted by Crippen LogP contribution is 2.32. The summed E-state index contributed by atoms with van der Waals surface area (Å²) in [5.41, 5.74) is 2.41. The van der Waals surface area contributed by atoms with E-state index in [-0.39, 0.29) is 11.4 Å². The van der Waals surface area contributed by atoms with Crippen molar-refractivity contribution in [1.29, 1.82) is 0 Å². The first-order chi connectivity index (χ1) is 11.3. The molecule has 2 heterocycles. The number of nitrogens with one attached hydrogen (secondary N) is 1. The second-order valence-corrected chi connectivity index (χ2v) is 8.28. The Bertz CT molecular complexity index is 817. The lowest BCUT2D eigenvalue weighted by atomic mass is 10.1. The molecule has 1 aliphatic rings. The van der Waals surface area contributed by atoms with E-state index in [1.54, 1.807) is 6.08 Å². The van der Waals surface area contributed by atoms with Crippen molar-refractivity contribution in [2.24, 2.45) is 0 Å². The maximum Gasteiger partial charge on any atom is 0.249 e. The highest BCUT2D eigenvalue weighted by Gasteiger charge is 2.31. The molecule has 3 rings (SSSR count). The van der Waals surface area contributed by atoms with Gasteiger partial charge in [0, 0.05) is 22.4 Å². The molecule has 0 bridgehead atoms. The smallest absolute Gasteiger partial charge is 0.249 e. The summed E-state index contributed by atoms with van der Waals surface area (Å²) in [6, 6.07) is 9.65. The van der Waals surface area contributed by atoms with Crippen LogP contribution in [0.3, 0.4) is 0 Å². The Morgan fingerprint density at radius 3 is 2.62 bits per heavy atom. The van der Waals surface area contributed by atoms with E-state index in [4.69, 9.17) is 0 Å². The lowest BCUT2D eigenvalue weighted by Crippen LogP contribution is -2.27. The number of carbonyl (C=O) groups is 1. The molecule has 1 amide bonds. The summed E-state index contributed by atoms with van der Waals surface area (Å²) in [5.74, 6) is 1.35. The maximum absolute atomic E-state index is 12.3. The number of rotatable bonds is 3. The molecule has 1 unspecified atom stereocenters. The lowest BCUT2D eigenvalue weighted by molar-refractivity contribution is -0.111. The Balaban J connectivity index is 1.85. The first-order valence-corrected chi connectivity index (χ1v) is 9.34. The van der Waals surface area contributed by atoms with E-state index in [1.165, 1.54) is 6.08 Å². The van der Waals surface area contributed by atoms with E-state index in [1.807, 2.05) is 55.8 Å². The molecule has 1 atom stereocenters. The van der Waals surface area contributed by atoms with Crippen molar-refractivity contribution < 1.29 is 9.00 Å². The van der Waals surface area contributed by atoms with Crippen molar-refractivity contribution in [3.05, 3.63) is 53.2 Å². The summed E-state index contributed by atoms with van der Waals surface area (Å²) in [6.45, 7) is 6.09. The normalized spacial score (nSPS) is 17.2. The van der Waals surface area contributed by atoms with Crippen LogP contribution < -0.4 is 5.32 Å². The van der Waals surface area contributed by atoms with Crippen LogP contribution in [0.4, 0.5) is 5.82 Å². The van der Waals surface area contributed by atoms with Gasteiger partial charge in [0.15, 0.2) is 0 Å². The van der Waals surface area contributed by atoms with E-state index in [0.717, 1.165) is 16.8 Å². The molecule has 6 heteroatoms. The third kappa shape index (κ3) is 3.48. The van der Waals surface area contributed by atoms with Crippen molar-refractivity contribution in [3.63, 3.8) is 0 Å². The quantitative estimate of drug-likeness (QED) is 0.871. The largest absolute Gasteiger partial charge is 0.307 e. The summed E-state index contributed by atoms with van der Waals surface area (Å²) in [6.07, 6.45) is 3.28. The fourth-order valence-corrected chi connectivity index (χ4v) is 3.90. The van der Waals surface area contributed by atoms with Gasteiger partial charge in [-0.25, -0.2) is 4.68 Å². The molecule has 1 aliphatic heterocycles. The third-order valence-corrected chi connectivity index (χ3v) is 4.98. The maximum atomic E-state index is 12.3. The zero-order valence-corrected chi connectivity index (χ0v) is 14.9. The molecule has 1 aromatic carbocycles. The average Bonchev–Trinajstić information content (AvgIpc) is 3.03. The Hall–Kier alpha value is -2.21. The molecule has 1 N–H and O–H groups in total. The first kappa shape index (κ1) is 16.6. The number of aromatic nitrogens is 2. The fraction of sp³-hybridized carbons (Fsp3) is 0.333. The van der Waals surface area contributed by atoms with Gasteiger partial charge < -0.3 is 5.32 Å². The number of hydrogen-bond acceptors (Lipinski definition) is 3. The number of fused-ring (bicyclic) bond motifs is 1. The molecular weight excluding hydrogens is 322 g/mol. The monoisotopic (exact) mass is 343 g/mol. The van der Waals surface area contributed by atoms with Crippen LogP contribution in [0.1, 0.15) is 37.6 Å². The molecule has 2 aromatic rings. The number of nitrogens with zero attached hydrogens (tertiary/aromatic N) is 2. The summed E-state index contributed by atoms with van der Waals surface area (Å²) in [7, 11) is -0.927. The zero-order valence-electron chi connectivity index (χ0n) is 14.1. The standard InChI is InChI=1S/C18H21N3O2S/c1-18(2,3)21-17(14-11-24(23)12-15(14)20-21)19-16(22)10-9-13-7-5-4-6-8-13/h4-10H,11-12H2,1-3H3,(H,19,22)/b10-9+. The summed E-state index contributed by atoms with van der Waals surface area (Å²) < 4.78 is 13.6. The van der Waals surface area contributed by atoms with Gasteiger partial charge in [-0.15, -0.1) is 0 Å². The third-order valence-electron chi connectivity index (χ3n) is 3.77. The molecule has 0 spiro atoms. The van der Waals surface area contributed by atoms with Gasteiger partial charge in [0.2, 0.25) is 5.91 Å². The summed E-state index contributed by atoms with van der Waals surface area (Å²) in [4.78, 5) is 12.3. The zero-order chi connectivity index (χ0) is 17.3. The van der Waals surface area contributed by atoms with Crippen molar-refractivity contribution >= 4 is 28.6 Å². The Morgan fingerprint density at radius 1 is 1.25 bits per heavy atom. The van der Waals surface area contributed by atoms with Gasteiger partial charge in [0.25, 0.3) is 0 Å². The minimum absolute atomic E-state index is 0.218. The minimum Gasteiger partial charge on any atom is -0.307 e. The second-order valence-electron chi connectivity index (χ2n) is 6.82. The number of hydrogen-bond donors (Lipinski definition) is 1. The van der Waals surface area contributed by atoms with Gasteiger partial charge in [-0.2, -0.15) is 5.10 Å². The molecular formula is C18H21N3O2S. The van der Waals surface area contributed by atoms with E-state index in [2.05, 4.69) is 10.4 Å². The fourth-order valence-electron chi connectivity index (χ4n) is 2.64. The Kier molecular flexibility index (Phi) is 4.41. The van der Waals surface area contributed by atoms with E-state index < -0.39 is 10.8 Å². The highest BCUT2D eigenvalue weighted by atomic mass is 32.2. The van der Waals surface area contributed by atoms with Gasteiger partial charge in [0.05, 0.1) is 22.7 Å². The van der Waals surface area contributed by atoms with Gasteiger partial charge in [-0.1, -0.05) is 30.3 Å². The SMILES string of the molecule is CC(C)(C)n1nc2c(c1NC(=O)/C=C/c1ccccc1)CS(=O)C2. The topological polar surface area (TPSA) is 64.0 Å². The molecule has 0 aliphatic carbocycles. The molecule has 0 saturated carbocycles. The van der Waals surface area contributed by atoms with Crippen molar-refractivity contribution in [2.75, 3.05) is 5.32 Å². The second kappa shape index (κ2) is 6.36. The molecule has 0 radical (unpaired) electrons. The molecule has 0 fully saturated rings. The number of amides is 1.